The fraction of sp³-hybridized carbons (Fsp3) is 0.235. The highest BCUT2D eigenvalue weighted by Crippen LogP contribution is 2.27. The highest BCUT2D eigenvalue weighted by Gasteiger charge is 2.17. The fourth-order valence-corrected chi connectivity index (χ4v) is 2.13. The number of rotatable bonds is 4. The average Bonchev–Trinajstić information content (AvgIpc) is 2.49. The molecule has 0 aromatic heterocycles. The number of para-hydroxylation sites is 1. The Morgan fingerprint density at radius 3 is 2.57 bits per heavy atom. The van der Waals surface area contributed by atoms with Gasteiger partial charge in [-0.1, -0.05) is 38.1 Å². The van der Waals surface area contributed by atoms with Crippen LogP contribution in [-0.2, 0) is 0 Å². The number of nitrogens with one attached hydrogen (secondary N) is 1. The maximum atomic E-state index is 13.6. The van der Waals surface area contributed by atoms with Crippen molar-refractivity contribution in [2.45, 2.75) is 26.2 Å². The summed E-state index contributed by atoms with van der Waals surface area (Å²) in [6, 6.07) is 10.9. The van der Waals surface area contributed by atoms with Crippen molar-refractivity contribution in [2.24, 2.45) is 0 Å². The third-order valence-electron chi connectivity index (χ3n) is 3.55. The summed E-state index contributed by atoms with van der Waals surface area (Å²) < 4.78 is 26.8. The second-order valence-electron chi connectivity index (χ2n) is 4.95. The number of benzene rings is 2. The Morgan fingerprint density at radius 1 is 1.14 bits per heavy atom. The number of hydrogen-bond donors (Lipinski definition) is 1. The lowest BCUT2D eigenvalue weighted by Gasteiger charge is -2.15. The van der Waals surface area contributed by atoms with Gasteiger partial charge in [0.25, 0.3) is 5.91 Å². The van der Waals surface area contributed by atoms with E-state index in [1.165, 1.54) is 12.1 Å². The van der Waals surface area contributed by atoms with E-state index in [4.69, 9.17) is 0 Å². The molecule has 0 aliphatic carbocycles. The number of carbonyl (C=O) groups is 1. The Morgan fingerprint density at radius 2 is 1.86 bits per heavy atom. The van der Waals surface area contributed by atoms with Gasteiger partial charge in [-0.05, 0) is 36.1 Å². The van der Waals surface area contributed by atoms with Crippen LogP contribution in [0.5, 0.6) is 0 Å². The molecule has 0 aliphatic heterocycles. The summed E-state index contributed by atoms with van der Waals surface area (Å²) in [5, 5.41) is 2.66. The normalized spacial score (nSPS) is 12.0. The molecule has 2 aromatic carbocycles. The minimum Gasteiger partial charge on any atom is -0.322 e. The van der Waals surface area contributed by atoms with E-state index in [0.717, 1.165) is 18.1 Å². The van der Waals surface area contributed by atoms with E-state index in [1.54, 1.807) is 12.1 Å². The van der Waals surface area contributed by atoms with Crippen LogP contribution in [0.3, 0.4) is 0 Å². The largest absolute Gasteiger partial charge is 0.322 e. The van der Waals surface area contributed by atoms with Gasteiger partial charge in [0, 0.05) is 5.69 Å². The predicted molar refractivity (Wildman–Crippen MR) is 79.5 cm³/mol. The summed E-state index contributed by atoms with van der Waals surface area (Å²) in [6.07, 6.45) is 0.918. The Hall–Kier alpha value is -2.23. The Bertz CT molecular complexity index is 655. The molecule has 2 rings (SSSR count). The summed E-state index contributed by atoms with van der Waals surface area (Å²) in [7, 11) is 0. The molecule has 110 valence electrons. The molecule has 4 heteroatoms. The average molecular weight is 289 g/mol. The Balaban J connectivity index is 2.30. The van der Waals surface area contributed by atoms with Crippen molar-refractivity contribution in [3.8, 4) is 0 Å². The fourth-order valence-electron chi connectivity index (χ4n) is 2.13. The topological polar surface area (TPSA) is 29.1 Å². The van der Waals surface area contributed by atoms with Crippen molar-refractivity contribution >= 4 is 11.6 Å². The maximum absolute atomic E-state index is 13.6. The van der Waals surface area contributed by atoms with Crippen molar-refractivity contribution in [3.05, 3.63) is 65.2 Å². The van der Waals surface area contributed by atoms with Crippen molar-refractivity contribution < 1.29 is 13.6 Å². The summed E-state index contributed by atoms with van der Waals surface area (Å²) >= 11 is 0. The summed E-state index contributed by atoms with van der Waals surface area (Å²) in [5.41, 5.74) is 1.31. The molecule has 21 heavy (non-hydrogen) atoms. The van der Waals surface area contributed by atoms with Gasteiger partial charge in [0.05, 0.1) is 5.56 Å². The molecule has 0 bridgehead atoms. The predicted octanol–water partition coefficient (Wildman–Crippen LogP) is 4.73. The lowest BCUT2D eigenvalue weighted by molar-refractivity contribution is 0.102. The third kappa shape index (κ3) is 3.27. The molecule has 2 aromatic rings. The number of hydrogen-bond acceptors (Lipinski definition) is 1. The molecule has 0 heterocycles. The molecule has 1 atom stereocenters. The highest BCUT2D eigenvalue weighted by molar-refractivity contribution is 6.04. The SMILES string of the molecule is CCC(C)c1ccccc1NC(=O)c1cccc(F)c1F. The first-order chi connectivity index (χ1) is 10.0. The van der Waals surface area contributed by atoms with E-state index >= 15 is 0 Å². The zero-order valence-corrected chi connectivity index (χ0v) is 12.0. The van der Waals surface area contributed by atoms with Gasteiger partial charge in [0.1, 0.15) is 0 Å². The highest BCUT2D eigenvalue weighted by atomic mass is 19.2. The second kappa shape index (κ2) is 6.48. The molecule has 2 nitrogen and oxygen atoms in total. The number of amides is 1. The van der Waals surface area contributed by atoms with Crippen LogP contribution in [0.25, 0.3) is 0 Å². The standard InChI is InChI=1S/C17H17F2NO/c1-3-11(2)12-7-4-5-10-15(12)20-17(21)13-8-6-9-14(18)16(13)19/h4-11H,3H2,1-2H3,(H,20,21). The van der Waals surface area contributed by atoms with E-state index in [9.17, 15) is 13.6 Å². The quantitative estimate of drug-likeness (QED) is 0.866. The zero-order chi connectivity index (χ0) is 15.4. The molecule has 0 fully saturated rings. The van der Waals surface area contributed by atoms with Gasteiger partial charge in [-0.25, -0.2) is 8.78 Å². The van der Waals surface area contributed by atoms with E-state index in [-0.39, 0.29) is 11.5 Å². The first-order valence-electron chi connectivity index (χ1n) is 6.88. The van der Waals surface area contributed by atoms with Gasteiger partial charge < -0.3 is 5.32 Å². The molecule has 0 radical (unpaired) electrons. The smallest absolute Gasteiger partial charge is 0.258 e. The minimum absolute atomic E-state index is 0.263. The number of carbonyl (C=O) groups excluding carboxylic acids is 1. The Kier molecular flexibility index (Phi) is 4.68. The van der Waals surface area contributed by atoms with Crippen molar-refractivity contribution in [1.29, 1.82) is 0 Å². The maximum Gasteiger partial charge on any atom is 0.258 e. The van der Waals surface area contributed by atoms with Gasteiger partial charge in [-0.15, -0.1) is 0 Å². The molecular formula is C17H17F2NO. The van der Waals surface area contributed by atoms with Crippen LogP contribution in [0.4, 0.5) is 14.5 Å². The van der Waals surface area contributed by atoms with Crippen LogP contribution in [0.1, 0.15) is 42.1 Å². The van der Waals surface area contributed by atoms with Crippen LogP contribution in [0.2, 0.25) is 0 Å². The van der Waals surface area contributed by atoms with E-state index in [2.05, 4.69) is 12.2 Å². The molecule has 0 saturated heterocycles. The lowest BCUT2D eigenvalue weighted by atomic mass is 9.97. The first kappa shape index (κ1) is 15.2. The van der Waals surface area contributed by atoms with Gasteiger partial charge >= 0.3 is 0 Å². The molecular weight excluding hydrogens is 272 g/mol. The van der Waals surface area contributed by atoms with Crippen LogP contribution in [0.15, 0.2) is 42.5 Å². The molecule has 0 aliphatic rings. The summed E-state index contributed by atoms with van der Waals surface area (Å²) in [4.78, 5) is 12.1. The van der Waals surface area contributed by atoms with Crippen LogP contribution in [0, 0.1) is 11.6 Å². The molecule has 1 N–H and O–H groups in total. The van der Waals surface area contributed by atoms with Crippen molar-refractivity contribution in [3.63, 3.8) is 0 Å². The van der Waals surface area contributed by atoms with Gasteiger partial charge in [0.15, 0.2) is 11.6 Å². The van der Waals surface area contributed by atoms with Gasteiger partial charge in [-0.2, -0.15) is 0 Å². The first-order valence-corrected chi connectivity index (χ1v) is 6.88. The van der Waals surface area contributed by atoms with E-state index < -0.39 is 17.5 Å². The molecule has 0 spiro atoms. The monoisotopic (exact) mass is 289 g/mol. The van der Waals surface area contributed by atoms with Gasteiger partial charge in [0.2, 0.25) is 0 Å². The van der Waals surface area contributed by atoms with Crippen LogP contribution in [-0.4, -0.2) is 5.91 Å². The van der Waals surface area contributed by atoms with Gasteiger partial charge in [-0.3, -0.25) is 4.79 Å². The van der Waals surface area contributed by atoms with Crippen LogP contribution >= 0.6 is 0 Å². The molecule has 1 amide bonds. The third-order valence-corrected chi connectivity index (χ3v) is 3.55. The van der Waals surface area contributed by atoms with E-state index in [0.29, 0.717) is 5.69 Å². The summed E-state index contributed by atoms with van der Waals surface area (Å²) in [5.74, 6) is -2.55. The second-order valence-corrected chi connectivity index (χ2v) is 4.95. The lowest BCUT2D eigenvalue weighted by Crippen LogP contribution is -2.16. The zero-order valence-electron chi connectivity index (χ0n) is 12.0. The van der Waals surface area contributed by atoms with Crippen molar-refractivity contribution in [1.82, 2.24) is 0 Å². The van der Waals surface area contributed by atoms with Crippen LogP contribution < -0.4 is 5.32 Å². The minimum atomic E-state index is -1.13. The summed E-state index contributed by atoms with van der Waals surface area (Å²) in [6.45, 7) is 4.10. The van der Waals surface area contributed by atoms with E-state index in [1.807, 2.05) is 19.1 Å². The molecule has 1 unspecified atom stereocenters. The number of halogens is 2. The Labute approximate surface area is 122 Å². The number of anilines is 1. The van der Waals surface area contributed by atoms with Crippen molar-refractivity contribution in [2.75, 3.05) is 5.32 Å². The molecule has 0 saturated carbocycles.